The van der Waals surface area contributed by atoms with E-state index in [9.17, 15) is 0 Å². The van der Waals surface area contributed by atoms with Crippen molar-refractivity contribution in [2.45, 2.75) is 13.0 Å². The van der Waals surface area contributed by atoms with Gasteiger partial charge in [-0.15, -0.1) is 11.3 Å². The van der Waals surface area contributed by atoms with Gasteiger partial charge in [-0.1, -0.05) is 0 Å². The average molecular weight is 158 g/mol. The first-order chi connectivity index (χ1) is 4.75. The molecule has 0 bridgehead atoms. The van der Waals surface area contributed by atoms with Crippen molar-refractivity contribution in [3.05, 3.63) is 16.1 Å². The highest BCUT2D eigenvalue weighted by molar-refractivity contribution is 7.09. The first kappa shape index (κ1) is 7.65. The molecule has 0 aliphatic heterocycles. The smallest absolute Gasteiger partial charge is 0.0798 e. The molecule has 0 unspecified atom stereocenters. The lowest BCUT2D eigenvalue weighted by atomic mass is 10.2. The zero-order valence-electron chi connectivity index (χ0n) is 5.74. The lowest BCUT2D eigenvalue weighted by Gasteiger charge is -2.04. The summed E-state index contributed by atoms with van der Waals surface area (Å²) in [7, 11) is 0. The third-order valence-electron chi connectivity index (χ3n) is 1.32. The molecule has 1 rings (SSSR count). The molecule has 56 valence electrons. The van der Waals surface area contributed by atoms with E-state index in [4.69, 9.17) is 10.8 Å². The molecule has 1 aromatic heterocycles. The molecule has 1 heterocycles. The second-order valence-electron chi connectivity index (χ2n) is 2.09. The van der Waals surface area contributed by atoms with E-state index in [1.54, 1.807) is 5.51 Å². The number of aromatic nitrogens is 1. The fourth-order valence-corrected chi connectivity index (χ4v) is 1.55. The first-order valence-electron chi connectivity index (χ1n) is 3.02. The molecular formula is C6H10N2OS. The molecule has 0 saturated heterocycles. The molecule has 0 fully saturated rings. The molecule has 4 heteroatoms. The van der Waals surface area contributed by atoms with Crippen LogP contribution in [0.2, 0.25) is 0 Å². The molecule has 0 spiro atoms. The lowest BCUT2D eigenvalue weighted by molar-refractivity contribution is 0.269. The largest absolute Gasteiger partial charge is 0.394 e. The summed E-state index contributed by atoms with van der Waals surface area (Å²) >= 11 is 1.49. The van der Waals surface area contributed by atoms with Crippen LogP contribution in [-0.4, -0.2) is 16.7 Å². The minimum Gasteiger partial charge on any atom is -0.394 e. The van der Waals surface area contributed by atoms with Gasteiger partial charge in [0.25, 0.3) is 0 Å². The Balaban J connectivity index is 2.82. The van der Waals surface area contributed by atoms with Gasteiger partial charge in [0.15, 0.2) is 0 Å². The van der Waals surface area contributed by atoms with E-state index < -0.39 is 0 Å². The van der Waals surface area contributed by atoms with Crippen LogP contribution < -0.4 is 5.73 Å². The maximum Gasteiger partial charge on any atom is 0.0798 e. The van der Waals surface area contributed by atoms with Gasteiger partial charge in [0.05, 0.1) is 23.9 Å². The van der Waals surface area contributed by atoms with Crippen molar-refractivity contribution in [1.82, 2.24) is 4.98 Å². The second kappa shape index (κ2) is 3.09. The molecule has 1 aromatic rings. The van der Waals surface area contributed by atoms with Crippen molar-refractivity contribution in [2.75, 3.05) is 6.61 Å². The third kappa shape index (κ3) is 1.34. The van der Waals surface area contributed by atoms with E-state index in [0.717, 1.165) is 10.6 Å². The highest BCUT2D eigenvalue weighted by Crippen LogP contribution is 2.18. The number of hydrogen-bond donors (Lipinski definition) is 2. The van der Waals surface area contributed by atoms with E-state index in [1.807, 2.05) is 6.92 Å². The van der Waals surface area contributed by atoms with Gasteiger partial charge < -0.3 is 10.8 Å². The van der Waals surface area contributed by atoms with Crippen LogP contribution in [0.3, 0.4) is 0 Å². The zero-order chi connectivity index (χ0) is 7.56. The van der Waals surface area contributed by atoms with Gasteiger partial charge in [0, 0.05) is 4.88 Å². The fraction of sp³-hybridized carbons (Fsp3) is 0.500. The molecule has 0 aliphatic rings. The van der Waals surface area contributed by atoms with Crippen LogP contribution in [0.1, 0.15) is 16.6 Å². The van der Waals surface area contributed by atoms with Gasteiger partial charge >= 0.3 is 0 Å². The summed E-state index contributed by atoms with van der Waals surface area (Å²) in [6.45, 7) is 1.88. The Morgan fingerprint density at radius 3 is 3.00 bits per heavy atom. The Labute approximate surface area is 63.5 Å². The Hall–Kier alpha value is -0.450. The van der Waals surface area contributed by atoms with Gasteiger partial charge in [0.2, 0.25) is 0 Å². The van der Waals surface area contributed by atoms with Gasteiger partial charge in [-0.3, -0.25) is 0 Å². The summed E-state index contributed by atoms with van der Waals surface area (Å²) in [5.74, 6) is 0. The van der Waals surface area contributed by atoms with Crippen LogP contribution in [0.5, 0.6) is 0 Å². The van der Waals surface area contributed by atoms with Crippen LogP contribution in [0.25, 0.3) is 0 Å². The van der Waals surface area contributed by atoms with Crippen LogP contribution in [0, 0.1) is 6.92 Å². The average Bonchev–Trinajstić information content (AvgIpc) is 2.34. The molecular weight excluding hydrogens is 148 g/mol. The Bertz CT molecular complexity index is 211. The molecule has 3 N–H and O–H groups in total. The highest BCUT2D eigenvalue weighted by atomic mass is 32.1. The minimum atomic E-state index is -0.257. The molecule has 0 aliphatic carbocycles. The topological polar surface area (TPSA) is 59.1 Å². The molecule has 0 amide bonds. The lowest BCUT2D eigenvalue weighted by Crippen LogP contribution is -2.13. The standard InChI is InChI=1S/C6H10N2OS/c1-4-6(5(7)2-9)10-3-8-4/h3,5,9H,2,7H2,1H3/t5-/m1/s1. The quantitative estimate of drug-likeness (QED) is 0.656. The summed E-state index contributed by atoms with van der Waals surface area (Å²) in [5, 5.41) is 8.68. The minimum absolute atomic E-state index is 0.0109. The first-order valence-corrected chi connectivity index (χ1v) is 3.90. The molecule has 10 heavy (non-hydrogen) atoms. The van der Waals surface area contributed by atoms with E-state index in [-0.39, 0.29) is 12.6 Å². The van der Waals surface area contributed by atoms with Crippen LogP contribution in [0.4, 0.5) is 0 Å². The monoisotopic (exact) mass is 158 g/mol. The van der Waals surface area contributed by atoms with Crippen molar-refractivity contribution in [1.29, 1.82) is 0 Å². The predicted octanol–water partition coefficient (Wildman–Crippen LogP) is 0.444. The molecule has 0 aromatic carbocycles. The van der Waals surface area contributed by atoms with Crippen LogP contribution >= 0.6 is 11.3 Å². The van der Waals surface area contributed by atoms with Gasteiger partial charge in [-0.25, -0.2) is 4.98 Å². The molecule has 1 atom stereocenters. The zero-order valence-corrected chi connectivity index (χ0v) is 6.56. The van der Waals surface area contributed by atoms with Crippen molar-refractivity contribution in [3.8, 4) is 0 Å². The summed E-state index contributed by atoms with van der Waals surface area (Å²) in [6, 6.07) is -0.257. The van der Waals surface area contributed by atoms with E-state index in [1.165, 1.54) is 11.3 Å². The molecule has 3 nitrogen and oxygen atoms in total. The summed E-state index contributed by atoms with van der Waals surface area (Å²) in [4.78, 5) is 4.99. The fourth-order valence-electron chi connectivity index (χ4n) is 0.750. The molecule has 0 radical (unpaired) electrons. The second-order valence-corrected chi connectivity index (χ2v) is 2.98. The van der Waals surface area contributed by atoms with Gasteiger partial charge in [-0.05, 0) is 6.92 Å². The van der Waals surface area contributed by atoms with Gasteiger partial charge in [0.1, 0.15) is 0 Å². The summed E-state index contributed by atoms with van der Waals surface area (Å²) in [5.41, 5.74) is 8.22. The van der Waals surface area contributed by atoms with Crippen LogP contribution in [-0.2, 0) is 0 Å². The van der Waals surface area contributed by atoms with E-state index in [0.29, 0.717) is 0 Å². The van der Waals surface area contributed by atoms with E-state index >= 15 is 0 Å². The van der Waals surface area contributed by atoms with Crippen molar-refractivity contribution in [3.63, 3.8) is 0 Å². The Kier molecular flexibility index (Phi) is 2.37. The number of rotatable bonds is 2. The van der Waals surface area contributed by atoms with Crippen molar-refractivity contribution < 1.29 is 5.11 Å². The van der Waals surface area contributed by atoms with Crippen molar-refractivity contribution in [2.24, 2.45) is 5.73 Å². The number of nitrogens with two attached hydrogens (primary N) is 1. The number of nitrogens with zero attached hydrogens (tertiary/aromatic N) is 1. The SMILES string of the molecule is Cc1ncsc1[C@H](N)CO. The van der Waals surface area contributed by atoms with Gasteiger partial charge in [-0.2, -0.15) is 0 Å². The highest BCUT2D eigenvalue weighted by Gasteiger charge is 2.08. The third-order valence-corrected chi connectivity index (χ3v) is 2.38. The normalized spacial score (nSPS) is 13.5. The van der Waals surface area contributed by atoms with E-state index in [2.05, 4.69) is 4.98 Å². The Morgan fingerprint density at radius 1 is 1.90 bits per heavy atom. The summed E-state index contributed by atoms with van der Waals surface area (Å²) in [6.07, 6.45) is 0. The number of thiazole rings is 1. The van der Waals surface area contributed by atoms with Crippen LogP contribution in [0.15, 0.2) is 5.51 Å². The maximum atomic E-state index is 8.68. The van der Waals surface area contributed by atoms with Crippen molar-refractivity contribution >= 4 is 11.3 Å². The summed E-state index contributed by atoms with van der Waals surface area (Å²) < 4.78 is 0. The maximum absolute atomic E-state index is 8.68. The number of hydrogen-bond acceptors (Lipinski definition) is 4. The Morgan fingerprint density at radius 2 is 2.60 bits per heavy atom. The predicted molar refractivity (Wildman–Crippen MR) is 40.9 cm³/mol. The molecule has 0 saturated carbocycles. The number of aryl methyl sites for hydroxylation is 1. The number of aliphatic hydroxyl groups excluding tert-OH is 1. The number of aliphatic hydroxyl groups is 1.